The Bertz CT molecular complexity index is 298. The van der Waals surface area contributed by atoms with Gasteiger partial charge in [0.15, 0.2) is 0 Å². The minimum absolute atomic E-state index is 0.605. The first-order valence-corrected chi connectivity index (χ1v) is 5.60. The number of benzene rings is 1. The molecule has 0 saturated carbocycles. The van der Waals surface area contributed by atoms with Gasteiger partial charge in [-0.15, -0.1) is 0 Å². The predicted octanol–water partition coefficient (Wildman–Crippen LogP) is 3.84. The molecule has 1 unspecified atom stereocenters. The van der Waals surface area contributed by atoms with Crippen molar-refractivity contribution in [2.45, 2.75) is 27.2 Å². The highest BCUT2D eigenvalue weighted by molar-refractivity contribution is 5.27. The van der Waals surface area contributed by atoms with Crippen LogP contribution in [0.4, 0.5) is 0 Å². The second-order valence-electron chi connectivity index (χ2n) is 3.78. The second kappa shape index (κ2) is 6.28. The molecule has 82 valence electrons. The monoisotopic (exact) mass is 204 g/mol. The fourth-order valence-corrected chi connectivity index (χ4v) is 1.66. The SMILES string of the molecule is C/C=C\C(C)Cc1ccc(OCC)cc1. The fraction of sp³-hybridized carbons (Fsp3) is 0.429. The molecule has 1 nitrogen and oxygen atoms in total. The largest absolute Gasteiger partial charge is 0.494 e. The van der Waals surface area contributed by atoms with Crippen LogP contribution in [0, 0.1) is 5.92 Å². The summed E-state index contributed by atoms with van der Waals surface area (Å²) in [6, 6.07) is 8.37. The van der Waals surface area contributed by atoms with Crippen molar-refractivity contribution >= 4 is 0 Å². The highest BCUT2D eigenvalue weighted by atomic mass is 16.5. The minimum Gasteiger partial charge on any atom is -0.494 e. The summed E-state index contributed by atoms with van der Waals surface area (Å²) in [6.45, 7) is 7.03. The van der Waals surface area contributed by atoms with Crippen molar-refractivity contribution in [2.75, 3.05) is 6.61 Å². The van der Waals surface area contributed by atoms with Crippen LogP contribution in [0.15, 0.2) is 36.4 Å². The first-order valence-electron chi connectivity index (χ1n) is 5.60. The van der Waals surface area contributed by atoms with Crippen LogP contribution in [-0.4, -0.2) is 6.61 Å². The normalized spacial score (nSPS) is 13.0. The fourth-order valence-electron chi connectivity index (χ4n) is 1.66. The average molecular weight is 204 g/mol. The van der Waals surface area contributed by atoms with Crippen LogP contribution in [0.25, 0.3) is 0 Å². The van der Waals surface area contributed by atoms with E-state index in [4.69, 9.17) is 4.74 Å². The van der Waals surface area contributed by atoms with Crippen LogP contribution in [0.1, 0.15) is 26.3 Å². The lowest BCUT2D eigenvalue weighted by Gasteiger charge is -2.07. The zero-order valence-corrected chi connectivity index (χ0v) is 9.86. The predicted molar refractivity (Wildman–Crippen MR) is 65.3 cm³/mol. The van der Waals surface area contributed by atoms with E-state index in [9.17, 15) is 0 Å². The molecule has 0 aliphatic carbocycles. The van der Waals surface area contributed by atoms with Gasteiger partial charge in [0, 0.05) is 0 Å². The number of rotatable bonds is 5. The quantitative estimate of drug-likeness (QED) is 0.662. The lowest BCUT2D eigenvalue weighted by molar-refractivity contribution is 0.340. The highest BCUT2D eigenvalue weighted by Crippen LogP contribution is 2.15. The van der Waals surface area contributed by atoms with Crippen molar-refractivity contribution in [3.63, 3.8) is 0 Å². The Morgan fingerprint density at radius 2 is 1.93 bits per heavy atom. The average Bonchev–Trinajstić information content (AvgIpc) is 2.22. The van der Waals surface area contributed by atoms with Gasteiger partial charge < -0.3 is 4.74 Å². The summed E-state index contributed by atoms with van der Waals surface area (Å²) < 4.78 is 5.40. The van der Waals surface area contributed by atoms with Crippen LogP contribution in [0.2, 0.25) is 0 Å². The van der Waals surface area contributed by atoms with E-state index in [1.165, 1.54) is 5.56 Å². The van der Waals surface area contributed by atoms with E-state index in [-0.39, 0.29) is 0 Å². The number of hydrogen-bond donors (Lipinski definition) is 0. The van der Waals surface area contributed by atoms with Gasteiger partial charge in [-0.2, -0.15) is 0 Å². The van der Waals surface area contributed by atoms with Gasteiger partial charge in [-0.3, -0.25) is 0 Å². The van der Waals surface area contributed by atoms with Crippen molar-refractivity contribution in [2.24, 2.45) is 5.92 Å². The van der Waals surface area contributed by atoms with Crippen LogP contribution in [0.5, 0.6) is 5.75 Å². The topological polar surface area (TPSA) is 9.23 Å². The summed E-state index contributed by atoms with van der Waals surface area (Å²) in [6.07, 6.45) is 5.44. The van der Waals surface area contributed by atoms with Gasteiger partial charge in [-0.05, 0) is 43.9 Å². The summed E-state index contributed by atoms with van der Waals surface area (Å²) in [7, 11) is 0. The van der Waals surface area contributed by atoms with Crippen LogP contribution < -0.4 is 4.74 Å². The molecule has 0 N–H and O–H groups in total. The molecule has 0 aliphatic heterocycles. The summed E-state index contributed by atoms with van der Waals surface area (Å²) in [4.78, 5) is 0. The summed E-state index contributed by atoms with van der Waals surface area (Å²) >= 11 is 0. The van der Waals surface area contributed by atoms with Crippen LogP contribution >= 0.6 is 0 Å². The summed E-state index contributed by atoms with van der Waals surface area (Å²) in [5, 5.41) is 0. The van der Waals surface area contributed by atoms with Crippen molar-refractivity contribution in [3.05, 3.63) is 42.0 Å². The summed E-state index contributed by atoms with van der Waals surface area (Å²) in [5.41, 5.74) is 1.36. The molecule has 1 aromatic rings. The molecule has 1 atom stereocenters. The molecule has 0 saturated heterocycles. The van der Waals surface area contributed by atoms with E-state index in [1.807, 2.05) is 19.1 Å². The molecule has 0 fully saturated rings. The highest BCUT2D eigenvalue weighted by Gasteiger charge is 1.99. The standard InChI is InChI=1S/C14H20O/c1-4-6-12(3)11-13-7-9-14(10-8-13)15-5-2/h4,6-10,12H,5,11H2,1-3H3/b6-4-. The lowest BCUT2D eigenvalue weighted by atomic mass is 10.0. The molecule has 15 heavy (non-hydrogen) atoms. The molecule has 0 spiro atoms. The Morgan fingerprint density at radius 1 is 1.27 bits per heavy atom. The third kappa shape index (κ3) is 4.20. The number of allylic oxidation sites excluding steroid dienone is 2. The maximum atomic E-state index is 5.40. The van der Waals surface area contributed by atoms with Crippen LogP contribution in [0.3, 0.4) is 0 Å². The van der Waals surface area contributed by atoms with Gasteiger partial charge in [0.25, 0.3) is 0 Å². The Labute approximate surface area is 92.8 Å². The minimum atomic E-state index is 0.605. The van der Waals surface area contributed by atoms with E-state index >= 15 is 0 Å². The van der Waals surface area contributed by atoms with E-state index in [2.05, 4.69) is 38.1 Å². The van der Waals surface area contributed by atoms with Crippen molar-refractivity contribution in [3.8, 4) is 5.75 Å². The van der Waals surface area contributed by atoms with Crippen LogP contribution in [-0.2, 0) is 6.42 Å². The molecular formula is C14H20O. The Balaban J connectivity index is 2.56. The zero-order valence-electron chi connectivity index (χ0n) is 9.86. The maximum Gasteiger partial charge on any atom is 0.119 e. The van der Waals surface area contributed by atoms with Gasteiger partial charge in [0.1, 0.15) is 5.75 Å². The van der Waals surface area contributed by atoms with E-state index in [0.717, 1.165) is 18.8 Å². The van der Waals surface area contributed by atoms with Gasteiger partial charge in [0.05, 0.1) is 6.61 Å². The first kappa shape index (κ1) is 11.8. The molecule has 0 aromatic heterocycles. The zero-order chi connectivity index (χ0) is 11.1. The third-order valence-electron chi connectivity index (χ3n) is 2.31. The van der Waals surface area contributed by atoms with E-state index in [0.29, 0.717) is 5.92 Å². The molecule has 1 heteroatoms. The van der Waals surface area contributed by atoms with Crippen molar-refractivity contribution < 1.29 is 4.74 Å². The molecule has 0 aliphatic rings. The molecule has 0 amide bonds. The summed E-state index contributed by atoms with van der Waals surface area (Å²) in [5.74, 6) is 1.56. The Morgan fingerprint density at radius 3 is 2.47 bits per heavy atom. The molecule has 0 radical (unpaired) electrons. The number of hydrogen-bond acceptors (Lipinski definition) is 1. The van der Waals surface area contributed by atoms with Crippen molar-refractivity contribution in [1.29, 1.82) is 0 Å². The van der Waals surface area contributed by atoms with Gasteiger partial charge in [-0.25, -0.2) is 0 Å². The molecule has 1 aromatic carbocycles. The van der Waals surface area contributed by atoms with Crippen molar-refractivity contribution in [1.82, 2.24) is 0 Å². The maximum absolute atomic E-state index is 5.40. The Hall–Kier alpha value is -1.24. The lowest BCUT2D eigenvalue weighted by Crippen LogP contribution is -1.96. The molecular weight excluding hydrogens is 184 g/mol. The number of ether oxygens (including phenoxy) is 1. The third-order valence-corrected chi connectivity index (χ3v) is 2.31. The molecule has 1 rings (SSSR count). The van der Waals surface area contributed by atoms with Gasteiger partial charge in [0.2, 0.25) is 0 Å². The molecule has 0 heterocycles. The second-order valence-corrected chi connectivity index (χ2v) is 3.78. The van der Waals surface area contributed by atoms with E-state index in [1.54, 1.807) is 0 Å². The first-order chi connectivity index (χ1) is 7.26. The van der Waals surface area contributed by atoms with Gasteiger partial charge in [-0.1, -0.05) is 31.2 Å². The van der Waals surface area contributed by atoms with E-state index < -0.39 is 0 Å². The van der Waals surface area contributed by atoms with Gasteiger partial charge >= 0.3 is 0 Å². The Kier molecular flexibility index (Phi) is 4.96. The smallest absolute Gasteiger partial charge is 0.119 e. The molecule has 0 bridgehead atoms.